The van der Waals surface area contributed by atoms with Gasteiger partial charge in [-0.2, -0.15) is 0 Å². The van der Waals surface area contributed by atoms with Gasteiger partial charge in [0, 0.05) is 11.1 Å². The highest BCUT2D eigenvalue weighted by molar-refractivity contribution is 14.1. The van der Waals surface area contributed by atoms with Crippen molar-refractivity contribution in [3.63, 3.8) is 0 Å². The molecule has 244 valence electrons. The number of carbonyl (C=O) groups excluding carboxylic acids is 2. The van der Waals surface area contributed by atoms with Gasteiger partial charge in [0.25, 0.3) is 0 Å². The van der Waals surface area contributed by atoms with Crippen LogP contribution in [0.2, 0.25) is 0 Å². The maximum Gasteiger partial charge on any atom is 0.198 e. The summed E-state index contributed by atoms with van der Waals surface area (Å²) in [5, 5.41) is 0. The highest BCUT2D eigenvalue weighted by atomic mass is 127. The second kappa shape index (κ2) is 21.6. The van der Waals surface area contributed by atoms with E-state index in [2.05, 4.69) is 59.0 Å². The second-order valence-corrected chi connectivity index (χ2v) is 14.6. The molecule has 0 saturated carbocycles. The number of ketones is 2. The minimum Gasteiger partial charge on any atom is -0.492 e. The quantitative estimate of drug-likeness (QED) is 0.0667. The van der Waals surface area contributed by atoms with Gasteiger partial charge in [-0.1, -0.05) is 129 Å². The van der Waals surface area contributed by atoms with Gasteiger partial charge in [-0.25, -0.2) is 0 Å². The molecule has 0 atom stereocenters. The first kappa shape index (κ1) is 37.3. The summed E-state index contributed by atoms with van der Waals surface area (Å²) in [6, 6.07) is 7.34. The number of ether oxygens (including phenoxy) is 2. The van der Waals surface area contributed by atoms with Crippen LogP contribution in [0, 0.1) is 7.14 Å². The molecule has 0 bridgehead atoms. The van der Waals surface area contributed by atoms with Crippen LogP contribution in [-0.4, -0.2) is 24.8 Å². The number of unbranched alkanes of at least 4 members (excludes halogenated alkanes) is 18. The molecule has 0 amide bonds. The highest BCUT2D eigenvalue weighted by Gasteiger charge is 2.36. The van der Waals surface area contributed by atoms with Gasteiger partial charge in [0.05, 0.1) is 31.5 Å². The zero-order valence-corrected chi connectivity index (χ0v) is 31.6. The maximum absolute atomic E-state index is 13.9. The zero-order chi connectivity index (χ0) is 31.6. The number of halogens is 2. The molecular weight excluding hydrogens is 774 g/mol. The first-order chi connectivity index (χ1) is 21.5. The molecule has 1 aliphatic rings. The molecule has 0 spiro atoms. The summed E-state index contributed by atoms with van der Waals surface area (Å²) in [5.41, 5.74) is 1.66. The molecule has 0 saturated heterocycles. The van der Waals surface area contributed by atoms with E-state index in [4.69, 9.17) is 9.47 Å². The molecule has 1 aliphatic carbocycles. The molecule has 3 rings (SSSR count). The third-order valence-corrected chi connectivity index (χ3v) is 10.4. The molecule has 0 fully saturated rings. The summed E-state index contributed by atoms with van der Waals surface area (Å²) in [7, 11) is 0. The van der Waals surface area contributed by atoms with E-state index in [0.717, 1.165) is 32.8 Å². The molecule has 2 aromatic carbocycles. The molecular formula is C38H54I2O4. The first-order valence-electron chi connectivity index (χ1n) is 17.5. The van der Waals surface area contributed by atoms with Crippen LogP contribution in [0.5, 0.6) is 11.5 Å². The minimum absolute atomic E-state index is 0.147. The van der Waals surface area contributed by atoms with Gasteiger partial charge in [0.2, 0.25) is 0 Å². The average Bonchev–Trinajstić information content (AvgIpc) is 3.02. The van der Waals surface area contributed by atoms with Crippen molar-refractivity contribution in [1.29, 1.82) is 0 Å². The van der Waals surface area contributed by atoms with Crippen LogP contribution in [0.1, 0.15) is 174 Å². The fourth-order valence-corrected chi connectivity index (χ4v) is 7.23. The summed E-state index contributed by atoms with van der Waals surface area (Å²) in [6.45, 7) is 5.62. The Morgan fingerprint density at radius 2 is 0.750 bits per heavy atom. The molecule has 44 heavy (non-hydrogen) atoms. The molecule has 0 heterocycles. The van der Waals surface area contributed by atoms with Crippen molar-refractivity contribution in [1.82, 2.24) is 0 Å². The Hall–Kier alpha value is -1.16. The van der Waals surface area contributed by atoms with Crippen LogP contribution < -0.4 is 9.47 Å². The van der Waals surface area contributed by atoms with Crippen molar-refractivity contribution in [2.24, 2.45) is 0 Å². The fourth-order valence-electron chi connectivity index (χ4n) is 6.02. The van der Waals surface area contributed by atoms with Crippen LogP contribution in [0.25, 0.3) is 0 Å². The standard InChI is InChI=1S/C38H54I2O4/c1-3-5-7-9-11-13-15-17-19-21-27-43-37-31(39)25-23-29-33(37)35(41)30-24-26-32(40)38(34(30)36(29)42)44-28-22-20-18-16-14-12-10-8-6-4-2/h23-26H,3-22,27-28H2,1-2H3. The van der Waals surface area contributed by atoms with Gasteiger partial charge in [0.1, 0.15) is 11.5 Å². The molecule has 0 radical (unpaired) electrons. The lowest BCUT2D eigenvalue weighted by Gasteiger charge is -2.24. The monoisotopic (exact) mass is 828 g/mol. The van der Waals surface area contributed by atoms with Gasteiger partial charge >= 0.3 is 0 Å². The van der Waals surface area contributed by atoms with Gasteiger partial charge in [-0.05, 0) is 82.3 Å². The van der Waals surface area contributed by atoms with Crippen molar-refractivity contribution < 1.29 is 19.1 Å². The Morgan fingerprint density at radius 1 is 0.455 bits per heavy atom. The van der Waals surface area contributed by atoms with Crippen molar-refractivity contribution in [3.8, 4) is 11.5 Å². The number of hydrogen-bond donors (Lipinski definition) is 0. The molecule has 0 N–H and O–H groups in total. The highest BCUT2D eigenvalue weighted by Crippen LogP contribution is 2.41. The van der Waals surface area contributed by atoms with Gasteiger partial charge in [0.15, 0.2) is 11.6 Å². The zero-order valence-electron chi connectivity index (χ0n) is 27.3. The molecule has 0 unspecified atom stereocenters. The van der Waals surface area contributed by atoms with Crippen molar-refractivity contribution in [3.05, 3.63) is 53.7 Å². The summed E-state index contributed by atoms with van der Waals surface area (Å²) in [4.78, 5) is 27.7. The Bertz CT molecular complexity index is 1080. The van der Waals surface area contributed by atoms with E-state index < -0.39 is 0 Å². The summed E-state index contributed by atoms with van der Waals surface area (Å²) in [5.74, 6) is 0.807. The molecule has 4 nitrogen and oxygen atoms in total. The lowest BCUT2D eigenvalue weighted by molar-refractivity contribution is 0.0971. The fraction of sp³-hybridized carbons (Fsp3) is 0.632. The Kier molecular flexibility index (Phi) is 18.3. The predicted molar refractivity (Wildman–Crippen MR) is 200 cm³/mol. The molecule has 2 aromatic rings. The molecule has 6 heteroatoms. The number of rotatable bonds is 24. The number of hydrogen-bond acceptors (Lipinski definition) is 4. The van der Waals surface area contributed by atoms with Crippen molar-refractivity contribution in [2.45, 2.75) is 142 Å². The predicted octanol–water partition coefficient (Wildman–Crippen LogP) is 12.3. The summed E-state index contributed by atoms with van der Waals surface area (Å²) < 4.78 is 14.2. The van der Waals surface area contributed by atoms with E-state index in [1.807, 2.05) is 12.1 Å². The van der Waals surface area contributed by atoms with E-state index in [0.29, 0.717) is 47.0 Å². The van der Waals surface area contributed by atoms with Crippen LogP contribution >= 0.6 is 45.2 Å². The first-order valence-corrected chi connectivity index (χ1v) is 19.7. The lowest BCUT2D eigenvalue weighted by atomic mass is 9.83. The number of fused-ring (bicyclic) bond motifs is 2. The Morgan fingerprint density at radius 3 is 1.07 bits per heavy atom. The third kappa shape index (κ3) is 11.6. The second-order valence-electron chi connectivity index (χ2n) is 12.3. The summed E-state index contributed by atoms with van der Waals surface area (Å²) in [6.07, 6.45) is 25.2. The summed E-state index contributed by atoms with van der Waals surface area (Å²) >= 11 is 4.43. The van der Waals surface area contributed by atoms with E-state index in [1.165, 1.54) is 103 Å². The van der Waals surface area contributed by atoms with Gasteiger partial charge in [-0.3, -0.25) is 9.59 Å². The Balaban J connectivity index is 1.52. The Labute approximate surface area is 294 Å². The average molecular weight is 829 g/mol. The van der Waals surface area contributed by atoms with Crippen LogP contribution in [0.4, 0.5) is 0 Å². The van der Waals surface area contributed by atoms with Crippen LogP contribution in [0.3, 0.4) is 0 Å². The van der Waals surface area contributed by atoms with E-state index in [1.54, 1.807) is 12.1 Å². The largest absolute Gasteiger partial charge is 0.492 e. The smallest absolute Gasteiger partial charge is 0.198 e. The van der Waals surface area contributed by atoms with Crippen LogP contribution in [0.15, 0.2) is 24.3 Å². The van der Waals surface area contributed by atoms with Crippen LogP contribution in [-0.2, 0) is 0 Å². The minimum atomic E-state index is -0.147. The number of carbonyl (C=O) groups is 2. The van der Waals surface area contributed by atoms with E-state index in [-0.39, 0.29) is 11.6 Å². The maximum atomic E-state index is 13.9. The third-order valence-electron chi connectivity index (χ3n) is 8.65. The molecule has 0 aliphatic heterocycles. The normalized spacial score (nSPS) is 12.4. The molecule has 0 aromatic heterocycles. The van der Waals surface area contributed by atoms with Crippen molar-refractivity contribution in [2.75, 3.05) is 13.2 Å². The lowest BCUT2D eigenvalue weighted by Crippen LogP contribution is -2.24. The van der Waals surface area contributed by atoms with E-state index >= 15 is 0 Å². The van der Waals surface area contributed by atoms with Gasteiger partial charge < -0.3 is 9.47 Å². The SMILES string of the molecule is CCCCCCCCCCCCOc1c(I)ccc2c1C(=O)c1ccc(I)c(OCCCCCCCCCCCC)c1C2=O. The van der Waals surface area contributed by atoms with E-state index in [9.17, 15) is 9.59 Å². The van der Waals surface area contributed by atoms with Gasteiger partial charge in [-0.15, -0.1) is 0 Å². The number of benzene rings is 2. The topological polar surface area (TPSA) is 52.6 Å². The van der Waals surface area contributed by atoms with Crippen molar-refractivity contribution >= 4 is 56.7 Å².